The Balaban J connectivity index is 1.54. The van der Waals surface area contributed by atoms with Crippen LogP contribution in [0.2, 0.25) is 0 Å². The van der Waals surface area contributed by atoms with Gasteiger partial charge in [0.15, 0.2) is 10.9 Å². The third-order valence-corrected chi connectivity index (χ3v) is 6.95. The number of pyridine rings is 2. The molecule has 8 heteroatoms. The quantitative estimate of drug-likeness (QED) is 0.584. The average Bonchev–Trinajstić information content (AvgIpc) is 3.22. The Labute approximate surface area is 188 Å². The predicted molar refractivity (Wildman–Crippen MR) is 122 cm³/mol. The lowest BCUT2D eigenvalue weighted by Crippen LogP contribution is -2.30. The van der Waals surface area contributed by atoms with Crippen LogP contribution in [0.3, 0.4) is 0 Å². The first-order chi connectivity index (χ1) is 15.6. The van der Waals surface area contributed by atoms with Crippen molar-refractivity contribution in [3.8, 4) is 22.6 Å². The molecule has 0 saturated heterocycles. The van der Waals surface area contributed by atoms with E-state index in [1.807, 2.05) is 24.3 Å². The van der Waals surface area contributed by atoms with E-state index in [-0.39, 0.29) is 0 Å². The Morgan fingerprint density at radius 1 is 1.09 bits per heavy atom. The van der Waals surface area contributed by atoms with Gasteiger partial charge < -0.3 is 15.2 Å². The molecule has 2 N–H and O–H groups in total. The van der Waals surface area contributed by atoms with Gasteiger partial charge in [-0.25, -0.2) is 9.98 Å². The van der Waals surface area contributed by atoms with Crippen molar-refractivity contribution in [2.45, 2.75) is 12.0 Å². The molecule has 1 aromatic carbocycles. The molecular weight excluding hydrogens is 427 g/mol. The summed E-state index contributed by atoms with van der Waals surface area (Å²) in [5, 5.41) is 0.514. The van der Waals surface area contributed by atoms with Crippen molar-refractivity contribution in [3.63, 3.8) is 0 Å². The largest absolute Gasteiger partial charge is 0.455 e. The molecule has 1 unspecified atom stereocenters. The van der Waals surface area contributed by atoms with Crippen molar-refractivity contribution in [1.82, 2.24) is 9.97 Å². The maximum absolute atomic E-state index is 14.4. The Hall–Kier alpha value is -3.23. The van der Waals surface area contributed by atoms with Crippen LogP contribution in [0.1, 0.15) is 23.2 Å². The van der Waals surface area contributed by atoms with Crippen LogP contribution < -0.4 is 10.5 Å². The Morgan fingerprint density at radius 2 is 2.00 bits per heavy atom. The van der Waals surface area contributed by atoms with E-state index >= 15 is 0 Å². The topological polar surface area (TPSA) is 82.6 Å². The predicted octanol–water partition coefficient (Wildman–Crippen LogP) is 4.50. The Bertz CT molecular complexity index is 1310. The normalized spacial score (nSPS) is 21.4. The summed E-state index contributed by atoms with van der Waals surface area (Å²) >= 11 is 1.50. The van der Waals surface area contributed by atoms with Crippen LogP contribution >= 0.6 is 11.8 Å². The van der Waals surface area contributed by atoms with Crippen LogP contribution in [0.25, 0.3) is 16.7 Å². The number of benzene rings is 1. The molecule has 3 aliphatic rings. The fourth-order valence-electron chi connectivity index (χ4n) is 4.44. The van der Waals surface area contributed by atoms with Crippen LogP contribution in [-0.4, -0.2) is 34.1 Å². The smallest absolute Gasteiger partial charge is 0.220 e. The van der Waals surface area contributed by atoms with E-state index in [2.05, 4.69) is 16.0 Å². The lowest BCUT2D eigenvalue weighted by Gasteiger charge is -2.35. The van der Waals surface area contributed by atoms with Crippen molar-refractivity contribution < 1.29 is 13.9 Å². The minimum absolute atomic E-state index is 0.429. The number of amidine groups is 1. The van der Waals surface area contributed by atoms with Gasteiger partial charge in [0.1, 0.15) is 11.3 Å². The molecule has 6 nitrogen and oxygen atoms in total. The molecule has 0 aliphatic carbocycles. The molecule has 2 aromatic heterocycles. The first-order valence-electron chi connectivity index (χ1n) is 10.3. The van der Waals surface area contributed by atoms with Gasteiger partial charge in [0.25, 0.3) is 0 Å². The number of hydrogen-bond donors (Lipinski definition) is 1. The van der Waals surface area contributed by atoms with Gasteiger partial charge in [-0.15, -0.1) is 0 Å². The van der Waals surface area contributed by atoms with Crippen molar-refractivity contribution in [1.29, 1.82) is 0 Å². The Morgan fingerprint density at radius 3 is 2.78 bits per heavy atom. The van der Waals surface area contributed by atoms with Crippen molar-refractivity contribution in [2.24, 2.45) is 10.7 Å². The van der Waals surface area contributed by atoms with Gasteiger partial charge in [0.05, 0.1) is 25.1 Å². The highest BCUT2D eigenvalue weighted by Crippen LogP contribution is 2.53. The van der Waals surface area contributed by atoms with Gasteiger partial charge in [-0.2, -0.15) is 4.39 Å². The summed E-state index contributed by atoms with van der Waals surface area (Å²) < 4.78 is 26.3. The number of halogens is 1. The number of hydrogen-bond acceptors (Lipinski definition) is 7. The molecule has 1 atom stereocenters. The summed E-state index contributed by atoms with van der Waals surface area (Å²) in [6.45, 7) is 1.25. The Kier molecular flexibility index (Phi) is 4.51. The number of thioether (sulfide) groups is 1. The number of fused-ring (bicyclic) bond motifs is 4. The number of ether oxygens (including phenoxy) is 2. The second-order valence-corrected chi connectivity index (χ2v) is 8.89. The molecule has 5 heterocycles. The second-order valence-electron chi connectivity index (χ2n) is 7.89. The van der Waals surface area contributed by atoms with Crippen molar-refractivity contribution in [3.05, 3.63) is 77.6 Å². The van der Waals surface area contributed by atoms with E-state index in [1.165, 1.54) is 18.0 Å². The van der Waals surface area contributed by atoms with E-state index in [1.54, 1.807) is 18.3 Å². The number of aromatic nitrogens is 2. The monoisotopic (exact) mass is 446 g/mol. The molecule has 0 bridgehead atoms. The van der Waals surface area contributed by atoms with E-state index in [4.69, 9.17) is 20.2 Å². The lowest BCUT2D eigenvalue weighted by molar-refractivity contribution is 0.164. The molecule has 0 saturated carbocycles. The van der Waals surface area contributed by atoms with Crippen LogP contribution in [0.5, 0.6) is 11.5 Å². The van der Waals surface area contributed by atoms with Gasteiger partial charge in [-0.1, -0.05) is 23.9 Å². The summed E-state index contributed by atoms with van der Waals surface area (Å²) in [5.41, 5.74) is 10.2. The van der Waals surface area contributed by atoms with Crippen LogP contribution in [-0.2, 0) is 10.3 Å². The van der Waals surface area contributed by atoms with E-state index < -0.39 is 11.5 Å². The molecule has 0 fully saturated rings. The van der Waals surface area contributed by atoms with Gasteiger partial charge in [0.2, 0.25) is 5.95 Å². The van der Waals surface area contributed by atoms with Crippen LogP contribution in [0, 0.1) is 5.95 Å². The zero-order valence-corrected chi connectivity index (χ0v) is 17.9. The second kappa shape index (κ2) is 7.43. The molecule has 3 aliphatic heterocycles. The molecule has 160 valence electrons. The zero-order chi connectivity index (χ0) is 21.7. The molecule has 6 rings (SSSR count). The molecule has 3 aromatic rings. The lowest BCUT2D eigenvalue weighted by atomic mass is 9.81. The summed E-state index contributed by atoms with van der Waals surface area (Å²) in [5.74, 6) is 1.43. The van der Waals surface area contributed by atoms with E-state index in [0.717, 1.165) is 35.4 Å². The fourth-order valence-corrected chi connectivity index (χ4v) is 5.39. The highest BCUT2D eigenvalue weighted by atomic mass is 32.2. The number of nitrogens with zero attached hydrogens (tertiary/aromatic N) is 3. The summed E-state index contributed by atoms with van der Waals surface area (Å²) in [4.78, 5) is 13.3. The zero-order valence-electron chi connectivity index (χ0n) is 17.0. The first-order valence-corrected chi connectivity index (χ1v) is 11.3. The first kappa shape index (κ1) is 19.5. The highest BCUT2D eigenvalue weighted by molar-refractivity contribution is 8.14. The third kappa shape index (κ3) is 3.02. The fraction of sp³-hybridized carbons (Fsp3) is 0.208. The number of nitrogens with two attached hydrogens (primary N) is 1. The number of aliphatic imine (C=N–C) groups is 1. The van der Waals surface area contributed by atoms with Crippen molar-refractivity contribution in [2.75, 3.05) is 19.0 Å². The average molecular weight is 447 g/mol. The van der Waals surface area contributed by atoms with E-state index in [9.17, 15) is 4.39 Å². The summed E-state index contributed by atoms with van der Waals surface area (Å²) in [6.07, 6.45) is 6.20. The molecular formula is C24H19FN4O2S. The maximum atomic E-state index is 14.4. The van der Waals surface area contributed by atoms with Gasteiger partial charge in [0, 0.05) is 28.6 Å². The van der Waals surface area contributed by atoms with Crippen molar-refractivity contribution >= 4 is 22.5 Å². The van der Waals surface area contributed by atoms with Gasteiger partial charge in [-0.3, -0.25) is 4.98 Å². The standard InChI is InChI=1S/C24H19FN4O2S/c25-22-16(4-1-7-27-22)14-5-6-20-17(9-14)24(13-32-23(26)29-24)18-10-19(28-11-21(18)31-20)15-3-2-8-30-12-15/h1,3-7,9-11H,2,8,12-13H2,(H2,26,29). The molecule has 0 amide bonds. The highest BCUT2D eigenvalue weighted by Gasteiger charge is 2.46. The van der Waals surface area contributed by atoms with E-state index in [0.29, 0.717) is 40.2 Å². The van der Waals surface area contributed by atoms with Crippen LogP contribution in [0.4, 0.5) is 4.39 Å². The minimum Gasteiger partial charge on any atom is -0.455 e. The van der Waals surface area contributed by atoms with Gasteiger partial charge in [-0.05, 0) is 47.9 Å². The maximum Gasteiger partial charge on any atom is 0.220 e. The van der Waals surface area contributed by atoms with Crippen LogP contribution in [0.15, 0.2) is 59.9 Å². The number of rotatable bonds is 2. The summed E-state index contributed by atoms with van der Waals surface area (Å²) in [7, 11) is 0. The van der Waals surface area contributed by atoms with Gasteiger partial charge >= 0.3 is 0 Å². The molecule has 0 radical (unpaired) electrons. The summed E-state index contributed by atoms with van der Waals surface area (Å²) in [6, 6.07) is 11.1. The third-order valence-electron chi connectivity index (χ3n) is 6.00. The molecule has 1 spiro atoms. The minimum atomic E-state index is -0.736. The molecule has 32 heavy (non-hydrogen) atoms. The SMILES string of the molecule is NC1=NC2(CS1)c1cc(-c3cccnc3F)ccc1Oc1cnc(C3=CCCOC3)cc12.